The van der Waals surface area contributed by atoms with E-state index in [4.69, 9.17) is 0 Å². The molecule has 0 aromatic heterocycles. The molecule has 1 heterocycles. The van der Waals surface area contributed by atoms with Crippen LogP contribution in [0.2, 0.25) is 0 Å². The molecule has 1 aliphatic heterocycles. The lowest BCUT2D eigenvalue weighted by atomic mass is 10.1. The van der Waals surface area contributed by atoms with Crippen molar-refractivity contribution in [2.45, 2.75) is 30.8 Å². The van der Waals surface area contributed by atoms with E-state index in [0.29, 0.717) is 22.1 Å². The third-order valence-corrected chi connectivity index (χ3v) is 5.79. The van der Waals surface area contributed by atoms with Crippen LogP contribution in [-0.4, -0.2) is 24.6 Å². The third kappa shape index (κ3) is 4.24. The summed E-state index contributed by atoms with van der Waals surface area (Å²) in [5.41, 5.74) is 1.29. The molecular weight excluding hydrogens is 414 g/mol. The van der Waals surface area contributed by atoms with Gasteiger partial charge >= 0.3 is 6.18 Å². The maximum absolute atomic E-state index is 13.0. The Morgan fingerprint density at radius 2 is 1.79 bits per heavy atom. The van der Waals surface area contributed by atoms with Gasteiger partial charge in [0.05, 0.1) is 17.7 Å². The summed E-state index contributed by atoms with van der Waals surface area (Å²) in [5.74, 6) is -1.33. The average molecular weight is 429 g/mol. The fourth-order valence-corrected chi connectivity index (χ4v) is 4.18. The van der Waals surface area contributed by atoms with Crippen molar-refractivity contribution in [1.82, 2.24) is 9.84 Å². The van der Waals surface area contributed by atoms with Crippen molar-refractivity contribution < 1.29 is 30.8 Å². The van der Waals surface area contributed by atoms with Gasteiger partial charge in [-0.15, -0.1) is 0 Å². The van der Waals surface area contributed by atoms with Gasteiger partial charge in [0.2, 0.25) is 5.91 Å². The highest BCUT2D eigenvalue weighted by Crippen LogP contribution is 2.38. The Kier molecular flexibility index (Phi) is 5.35. The molecule has 0 saturated carbocycles. The van der Waals surface area contributed by atoms with E-state index in [1.54, 1.807) is 6.92 Å². The number of hydrazine groups is 1. The van der Waals surface area contributed by atoms with Gasteiger partial charge in [-0.05, 0) is 35.9 Å². The predicted octanol–water partition coefficient (Wildman–Crippen LogP) is 3.56. The average Bonchev–Trinajstić information content (AvgIpc) is 2.64. The minimum absolute atomic E-state index is 0.0335. The third-order valence-electron chi connectivity index (χ3n) is 4.11. The first-order valence-electron chi connectivity index (χ1n) is 8.40. The zero-order chi connectivity index (χ0) is 21.4. The molecular formula is C18H15F4N3O3S. The first-order valence-corrected chi connectivity index (χ1v) is 9.84. The number of amides is 1. The number of hydrogen-bond donors (Lipinski definition) is 1. The van der Waals surface area contributed by atoms with E-state index in [9.17, 15) is 30.8 Å². The molecule has 154 valence electrons. The van der Waals surface area contributed by atoms with Crippen molar-refractivity contribution in [2.24, 2.45) is 4.99 Å². The lowest BCUT2D eigenvalue weighted by Gasteiger charge is -2.29. The second kappa shape index (κ2) is 7.47. The summed E-state index contributed by atoms with van der Waals surface area (Å²) >= 11 is 0. The number of nitrogens with one attached hydrogen (secondary N) is 1. The van der Waals surface area contributed by atoms with Crippen molar-refractivity contribution in [3.8, 4) is 0 Å². The van der Waals surface area contributed by atoms with Crippen molar-refractivity contribution in [3.05, 3.63) is 59.4 Å². The number of nitrogens with zero attached hydrogens (tertiary/aromatic N) is 2. The maximum atomic E-state index is 13.0. The topological polar surface area (TPSA) is 78.8 Å². The smallest absolute Gasteiger partial charge is 0.273 e. The number of aliphatic imine (C=N–C) groups is 1. The van der Waals surface area contributed by atoms with E-state index in [1.165, 1.54) is 12.1 Å². The standard InChI is InChI=1S/C18H15F4N3O3S/c1-2-16-23-14-10-12(18(20,21)22)5-8-15(14)29(27,28)25(16)24-17(26)9-11-3-6-13(19)7-4-11/h3-8,10H,2,9H2,1H3,(H,24,26). The van der Waals surface area contributed by atoms with Gasteiger partial charge in [-0.1, -0.05) is 19.1 Å². The normalized spacial score (nSPS) is 15.5. The van der Waals surface area contributed by atoms with Gasteiger partial charge in [0.15, 0.2) is 0 Å². The molecule has 1 aliphatic rings. The highest BCUT2D eigenvalue weighted by molar-refractivity contribution is 7.89. The molecule has 0 radical (unpaired) electrons. The molecule has 2 aromatic rings. The number of benzene rings is 2. The lowest BCUT2D eigenvalue weighted by Crippen LogP contribution is -2.51. The van der Waals surface area contributed by atoms with E-state index in [2.05, 4.69) is 10.4 Å². The zero-order valence-electron chi connectivity index (χ0n) is 15.0. The van der Waals surface area contributed by atoms with E-state index in [-0.39, 0.29) is 24.4 Å². The first-order chi connectivity index (χ1) is 13.5. The van der Waals surface area contributed by atoms with Crippen LogP contribution >= 0.6 is 0 Å². The van der Waals surface area contributed by atoms with Crippen LogP contribution < -0.4 is 5.43 Å². The summed E-state index contributed by atoms with van der Waals surface area (Å²) in [6.45, 7) is 1.55. The Hall–Kier alpha value is -2.95. The molecule has 0 fully saturated rings. The van der Waals surface area contributed by atoms with Crippen LogP contribution in [0.4, 0.5) is 23.2 Å². The number of carbonyl (C=O) groups is 1. The molecule has 0 bridgehead atoms. The van der Waals surface area contributed by atoms with Crippen LogP contribution in [-0.2, 0) is 27.4 Å². The SMILES string of the molecule is CCC1=Nc2cc(C(F)(F)F)ccc2S(=O)(=O)N1NC(=O)Cc1ccc(F)cc1. The van der Waals surface area contributed by atoms with E-state index >= 15 is 0 Å². The summed E-state index contributed by atoms with van der Waals surface area (Å²) in [6, 6.07) is 7.18. The van der Waals surface area contributed by atoms with Crippen LogP contribution in [0.15, 0.2) is 52.4 Å². The summed E-state index contributed by atoms with van der Waals surface area (Å²) in [7, 11) is -4.36. The first kappa shape index (κ1) is 20.8. The lowest BCUT2D eigenvalue weighted by molar-refractivity contribution is -0.137. The van der Waals surface area contributed by atoms with Gasteiger partial charge < -0.3 is 0 Å². The summed E-state index contributed by atoms with van der Waals surface area (Å²) in [6.07, 6.45) is -4.85. The second-order valence-electron chi connectivity index (χ2n) is 6.17. The quantitative estimate of drug-likeness (QED) is 0.755. The van der Waals surface area contributed by atoms with E-state index in [0.717, 1.165) is 18.2 Å². The highest BCUT2D eigenvalue weighted by atomic mass is 32.2. The number of fused-ring (bicyclic) bond motifs is 1. The summed E-state index contributed by atoms with van der Waals surface area (Å²) in [4.78, 5) is 15.8. The van der Waals surface area contributed by atoms with Gasteiger partial charge in [-0.3, -0.25) is 10.2 Å². The molecule has 6 nitrogen and oxygen atoms in total. The molecule has 0 saturated heterocycles. The Bertz CT molecular complexity index is 1080. The highest BCUT2D eigenvalue weighted by Gasteiger charge is 2.37. The summed E-state index contributed by atoms with van der Waals surface area (Å²) in [5, 5.41) is 0. The minimum atomic E-state index is -4.65. The molecule has 2 aromatic carbocycles. The van der Waals surface area contributed by atoms with Gasteiger partial charge in [0.1, 0.15) is 16.5 Å². The molecule has 0 spiro atoms. The van der Waals surface area contributed by atoms with E-state index < -0.39 is 38.4 Å². The van der Waals surface area contributed by atoms with Gasteiger partial charge in [-0.25, -0.2) is 9.38 Å². The predicted molar refractivity (Wildman–Crippen MR) is 96.1 cm³/mol. The fraction of sp³-hybridized carbons (Fsp3) is 0.222. The number of hydrogen-bond acceptors (Lipinski definition) is 4. The van der Waals surface area contributed by atoms with Crippen molar-refractivity contribution >= 4 is 27.5 Å². The molecule has 0 unspecified atom stereocenters. The van der Waals surface area contributed by atoms with Gasteiger partial charge in [-0.2, -0.15) is 26.0 Å². The van der Waals surface area contributed by atoms with Crippen molar-refractivity contribution in [2.75, 3.05) is 0 Å². The maximum Gasteiger partial charge on any atom is 0.416 e. The number of alkyl halides is 3. The largest absolute Gasteiger partial charge is 0.416 e. The fourth-order valence-electron chi connectivity index (χ4n) is 2.71. The number of sulfonamides is 1. The Morgan fingerprint density at radius 1 is 1.14 bits per heavy atom. The number of halogens is 4. The monoisotopic (exact) mass is 429 g/mol. The molecule has 0 atom stereocenters. The van der Waals surface area contributed by atoms with Crippen LogP contribution in [0.5, 0.6) is 0 Å². The molecule has 0 aliphatic carbocycles. The molecule has 3 rings (SSSR count). The number of carbonyl (C=O) groups excluding carboxylic acids is 1. The van der Waals surface area contributed by atoms with Crippen LogP contribution in [0.3, 0.4) is 0 Å². The van der Waals surface area contributed by atoms with Crippen molar-refractivity contribution in [1.29, 1.82) is 0 Å². The number of amidine groups is 1. The van der Waals surface area contributed by atoms with Crippen LogP contribution in [0.25, 0.3) is 0 Å². The molecule has 29 heavy (non-hydrogen) atoms. The Morgan fingerprint density at radius 3 is 2.38 bits per heavy atom. The van der Waals surface area contributed by atoms with Crippen LogP contribution in [0, 0.1) is 5.82 Å². The van der Waals surface area contributed by atoms with E-state index in [1.807, 2.05) is 0 Å². The minimum Gasteiger partial charge on any atom is -0.273 e. The second-order valence-corrected chi connectivity index (χ2v) is 7.92. The number of rotatable bonds is 4. The van der Waals surface area contributed by atoms with Gasteiger partial charge in [0.25, 0.3) is 10.0 Å². The van der Waals surface area contributed by atoms with Gasteiger partial charge in [0, 0.05) is 6.42 Å². The molecule has 1 amide bonds. The Labute approximate surface area is 163 Å². The Balaban J connectivity index is 1.91. The van der Waals surface area contributed by atoms with Crippen LogP contribution in [0.1, 0.15) is 24.5 Å². The van der Waals surface area contributed by atoms with Crippen molar-refractivity contribution in [3.63, 3.8) is 0 Å². The molecule has 1 N–H and O–H groups in total. The summed E-state index contributed by atoms with van der Waals surface area (Å²) < 4.78 is 78.0. The zero-order valence-corrected chi connectivity index (χ0v) is 15.8. The molecule has 11 heteroatoms.